The van der Waals surface area contributed by atoms with Crippen LogP contribution in [0.15, 0.2) is 47.7 Å². The minimum Gasteiger partial charge on any atom is -0.357 e. The molecular weight excluding hydrogens is 461 g/mol. The highest BCUT2D eigenvalue weighted by atomic mass is 127. The molecule has 0 radical (unpaired) electrons. The van der Waals surface area contributed by atoms with Gasteiger partial charge >= 0.3 is 0 Å². The minimum atomic E-state index is 0. The third kappa shape index (κ3) is 4.88. The van der Waals surface area contributed by atoms with E-state index in [9.17, 15) is 0 Å². The van der Waals surface area contributed by atoms with Gasteiger partial charge in [0, 0.05) is 32.4 Å². The van der Waals surface area contributed by atoms with Crippen molar-refractivity contribution in [1.82, 2.24) is 20.0 Å². The van der Waals surface area contributed by atoms with Gasteiger partial charge in [0.2, 0.25) is 0 Å². The van der Waals surface area contributed by atoms with E-state index in [4.69, 9.17) is 4.99 Å². The average molecular weight is 493 g/mol. The maximum Gasteiger partial charge on any atom is 0.193 e. The molecule has 6 heteroatoms. The number of nitrogens with zero attached hydrogens (tertiary/aromatic N) is 4. The molecule has 5 nitrogen and oxygen atoms in total. The Kier molecular flexibility index (Phi) is 7.37. The zero-order valence-corrected chi connectivity index (χ0v) is 19.1. The van der Waals surface area contributed by atoms with Crippen molar-refractivity contribution in [2.75, 3.05) is 26.2 Å². The van der Waals surface area contributed by atoms with Crippen LogP contribution in [0.25, 0.3) is 5.69 Å². The Morgan fingerprint density at radius 2 is 1.96 bits per heavy atom. The van der Waals surface area contributed by atoms with Crippen LogP contribution in [0.5, 0.6) is 0 Å². The molecule has 1 spiro atoms. The second kappa shape index (κ2) is 9.76. The summed E-state index contributed by atoms with van der Waals surface area (Å²) in [6.45, 7) is 6.21. The number of para-hydroxylation sites is 1. The lowest BCUT2D eigenvalue weighted by molar-refractivity contribution is 0.309. The second-order valence-electron chi connectivity index (χ2n) is 7.99. The van der Waals surface area contributed by atoms with Crippen LogP contribution in [0.3, 0.4) is 0 Å². The number of hydrogen-bond acceptors (Lipinski definition) is 2. The van der Waals surface area contributed by atoms with Gasteiger partial charge in [0.1, 0.15) is 0 Å². The first kappa shape index (κ1) is 21.1. The molecule has 2 heterocycles. The van der Waals surface area contributed by atoms with Gasteiger partial charge < -0.3 is 10.2 Å². The predicted octanol–water partition coefficient (Wildman–Crippen LogP) is 4.26. The van der Waals surface area contributed by atoms with Crippen LogP contribution in [0.4, 0.5) is 0 Å². The molecular formula is C22H32IN5. The Labute approximate surface area is 185 Å². The van der Waals surface area contributed by atoms with Gasteiger partial charge in [-0.3, -0.25) is 4.99 Å². The van der Waals surface area contributed by atoms with Gasteiger partial charge in [-0.1, -0.05) is 31.0 Å². The largest absolute Gasteiger partial charge is 0.357 e. The summed E-state index contributed by atoms with van der Waals surface area (Å²) in [7, 11) is 0. The summed E-state index contributed by atoms with van der Waals surface area (Å²) in [4.78, 5) is 7.41. The highest BCUT2D eigenvalue weighted by Gasteiger charge is 2.41. The predicted molar refractivity (Wildman–Crippen MR) is 126 cm³/mol. The molecule has 1 aliphatic carbocycles. The lowest BCUT2D eigenvalue weighted by Gasteiger charge is -2.25. The quantitative estimate of drug-likeness (QED) is 0.385. The van der Waals surface area contributed by atoms with E-state index in [1.165, 1.54) is 44.2 Å². The standard InChI is InChI=1S/C22H31N5.HI/c1-2-23-21(26-15-13-22(18-26)11-6-7-12-22)24-14-10-19-16-25-27(17-19)20-8-4-3-5-9-20;/h3-5,8-9,16-17H,2,6-7,10-15,18H2,1H3,(H,23,24);1H. The lowest BCUT2D eigenvalue weighted by Crippen LogP contribution is -2.41. The summed E-state index contributed by atoms with van der Waals surface area (Å²) in [5.74, 6) is 1.09. The zero-order valence-electron chi connectivity index (χ0n) is 16.8. The van der Waals surface area contributed by atoms with E-state index < -0.39 is 0 Å². The molecule has 0 unspecified atom stereocenters. The van der Waals surface area contributed by atoms with Crippen molar-refractivity contribution in [3.05, 3.63) is 48.3 Å². The number of likely N-dealkylation sites (tertiary alicyclic amines) is 1. The fourth-order valence-corrected chi connectivity index (χ4v) is 4.58. The number of benzene rings is 1. The van der Waals surface area contributed by atoms with Crippen molar-refractivity contribution in [3.63, 3.8) is 0 Å². The molecule has 152 valence electrons. The Hall–Kier alpha value is -1.57. The summed E-state index contributed by atoms with van der Waals surface area (Å²) in [6, 6.07) is 10.3. The first-order chi connectivity index (χ1) is 13.3. The average Bonchev–Trinajstić information content (AvgIpc) is 3.44. The maximum absolute atomic E-state index is 4.92. The van der Waals surface area contributed by atoms with E-state index in [2.05, 4.69) is 40.6 Å². The molecule has 2 fully saturated rings. The van der Waals surface area contributed by atoms with Crippen molar-refractivity contribution in [2.45, 2.75) is 45.4 Å². The highest BCUT2D eigenvalue weighted by Crippen LogP contribution is 2.45. The summed E-state index contributed by atoms with van der Waals surface area (Å²) >= 11 is 0. The Morgan fingerprint density at radius 3 is 2.71 bits per heavy atom. The van der Waals surface area contributed by atoms with Gasteiger partial charge in [0.05, 0.1) is 11.9 Å². The Morgan fingerprint density at radius 1 is 1.18 bits per heavy atom. The van der Waals surface area contributed by atoms with E-state index in [0.29, 0.717) is 5.41 Å². The monoisotopic (exact) mass is 493 g/mol. The Balaban J connectivity index is 0.00000225. The third-order valence-corrected chi connectivity index (χ3v) is 6.06. The molecule has 0 bridgehead atoms. The fourth-order valence-electron chi connectivity index (χ4n) is 4.58. The van der Waals surface area contributed by atoms with E-state index in [-0.39, 0.29) is 24.0 Å². The number of guanidine groups is 1. The van der Waals surface area contributed by atoms with Crippen LogP contribution in [0.2, 0.25) is 0 Å². The first-order valence-electron chi connectivity index (χ1n) is 10.4. The Bertz CT molecular complexity index is 764. The molecule has 1 saturated carbocycles. The van der Waals surface area contributed by atoms with Crippen LogP contribution in [0, 0.1) is 5.41 Å². The molecule has 1 aliphatic heterocycles. The summed E-state index contributed by atoms with van der Waals surface area (Å²) in [5, 5.41) is 7.99. The van der Waals surface area contributed by atoms with Crippen molar-refractivity contribution >= 4 is 29.9 Å². The second-order valence-corrected chi connectivity index (χ2v) is 7.99. The molecule has 1 saturated heterocycles. The number of aliphatic imine (C=N–C) groups is 1. The van der Waals surface area contributed by atoms with E-state index in [1.54, 1.807) is 0 Å². The van der Waals surface area contributed by atoms with Gasteiger partial charge in [-0.15, -0.1) is 24.0 Å². The van der Waals surface area contributed by atoms with Crippen molar-refractivity contribution < 1.29 is 0 Å². The van der Waals surface area contributed by atoms with Crippen molar-refractivity contribution in [3.8, 4) is 5.69 Å². The van der Waals surface area contributed by atoms with Crippen LogP contribution in [0.1, 0.15) is 44.6 Å². The molecule has 1 N–H and O–H groups in total. The molecule has 0 atom stereocenters. The molecule has 2 aromatic rings. The first-order valence-corrected chi connectivity index (χ1v) is 10.4. The molecule has 4 rings (SSSR count). The maximum atomic E-state index is 4.92. The summed E-state index contributed by atoms with van der Waals surface area (Å²) < 4.78 is 1.94. The van der Waals surface area contributed by atoms with Crippen LogP contribution >= 0.6 is 24.0 Å². The van der Waals surface area contributed by atoms with Gasteiger partial charge in [0.15, 0.2) is 5.96 Å². The van der Waals surface area contributed by atoms with E-state index >= 15 is 0 Å². The van der Waals surface area contributed by atoms with E-state index in [0.717, 1.165) is 37.7 Å². The number of halogens is 1. The molecule has 0 amide bonds. The fraction of sp³-hybridized carbons (Fsp3) is 0.545. The van der Waals surface area contributed by atoms with Crippen LogP contribution in [-0.4, -0.2) is 46.8 Å². The van der Waals surface area contributed by atoms with Crippen LogP contribution in [-0.2, 0) is 6.42 Å². The van der Waals surface area contributed by atoms with Crippen molar-refractivity contribution in [1.29, 1.82) is 0 Å². The normalized spacial score (nSPS) is 18.5. The zero-order chi connectivity index (χ0) is 18.5. The molecule has 28 heavy (non-hydrogen) atoms. The van der Waals surface area contributed by atoms with Crippen molar-refractivity contribution in [2.24, 2.45) is 10.4 Å². The number of aromatic nitrogens is 2. The number of nitrogens with one attached hydrogen (secondary N) is 1. The summed E-state index contributed by atoms with van der Waals surface area (Å²) in [5.41, 5.74) is 2.90. The van der Waals surface area contributed by atoms with Gasteiger partial charge in [-0.2, -0.15) is 5.10 Å². The highest BCUT2D eigenvalue weighted by molar-refractivity contribution is 14.0. The lowest BCUT2D eigenvalue weighted by atomic mass is 9.86. The third-order valence-electron chi connectivity index (χ3n) is 6.06. The topological polar surface area (TPSA) is 45.5 Å². The number of rotatable bonds is 5. The SMILES string of the molecule is CCNC(=NCCc1cnn(-c2ccccc2)c1)N1CCC2(CCCC2)C1.I. The minimum absolute atomic E-state index is 0. The smallest absolute Gasteiger partial charge is 0.193 e. The molecule has 1 aromatic carbocycles. The summed E-state index contributed by atoms with van der Waals surface area (Å²) in [6.07, 6.45) is 11.9. The van der Waals surface area contributed by atoms with Crippen LogP contribution < -0.4 is 5.32 Å². The van der Waals surface area contributed by atoms with Gasteiger partial charge in [-0.05, 0) is 55.7 Å². The molecule has 2 aliphatic rings. The van der Waals surface area contributed by atoms with Gasteiger partial charge in [0.25, 0.3) is 0 Å². The van der Waals surface area contributed by atoms with E-state index in [1.807, 2.05) is 29.1 Å². The van der Waals surface area contributed by atoms with Gasteiger partial charge in [-0.25, -0.2) is 4.68 Å². The molecule has 1 aromatic heterocycles. The number of hydrogen-bond donors (Lipinski definition) is 1.